The van der Waals surface area contributed by atoms with Gasteiger partial charge in [0.1, 0.15) is 6.04 Å². The first-order valence-corrected chi connectivity index (χ1v) is 5.60. The first-order chi connectivity index (χ1) is 8.58. The number of aliphatic hydroxyl groups excluding tert-OH is 1. The maximum absolute atomic E-state index is 11.8. The highest BCUT2D eigenvalue weighted by Gasteiger charge is 2.19. The second kappa shape index (κ2) is 6.95. The van der Waals surface area contributed by atoms with Crippen molar-refractivity contribution in [1.82, 2.24) is 16.2 Å². The first kappa shape index (κ1) is 14.4. The van der Waals surface area contributed by atoms with Gasteiger partial charge in [-0.3, -0.25) is 15.0 Å². The lowest BCUT2D eigenvalue weighted by Crippen LogP contribution is -2.51. The first-order valence-electron chi connectivity index (χ1n) is 5.22. The molecule has 1 aromatic carbocycles. The average Bonchev–Trinajstić information content (AvgIpc) is 2.36. The van der Waals surface area contributed by atoms with E-state index >= 15 is 0 Å². The van der Waals surface area contributed by atoms with Crippen LogP contribution in [0.4, 0.5) is 0 Å². The average molecular weight is 272 g/mol. The molecule has 0 aliphatic heterocycles. The Morgan fingerprint density at radius 1 is 1.33 bits per heavy atom. The number of hydrogen-bond donors (Lipinski definition) is 4. The predicted molar refractivity (Wildman–Crippen MR) is 67.0 cm³/mol. The lowest BCUT2D eigenvalue weighted by atomic mass is 10.2. The SMILES string of the molecule is CNNC(=O)[C@H](CO)NC(=O)c1ccc(Cl)cc1. The third-order valence-electron chi connectivity index (χ3n) is 2.16. The summed E-state index contributed by atoms with van der Waals surface area (Å²) in [5.74, 6) is -0.987. The van der Waals surface area contributed by atoms with Gasteiger partial charge < -0.3 is 10.4 Å². The summed E-state index contributed by atoms with van der Waals surface area (Å²) in [4.78, 5) is 23.2. The Kier molecular flexibility index (Phi) is 5.57. The number of amides is 2. The van der Waals surface area contributed by atoms with E-state index in [1.54, 1.807) is 12.1 Å². The molecule has 98 valence electrons. The standard InChI is InChI=1S/C11H14ClN3O3/c1-13-15-11(18)9(6-16)14-10(17)7-2-4-8(12)5-3-7/h2-5,9,13,16H,6H2,1H3,(H,14,17)(H,15,18)/t9-/m0/s1. The van der Waals surface area contributed by atoms with Crippen molar-refractivity contribution >= 4 is 23.4 Å². The summed E-state index contributed by atoms with van der Waals surface area (Å²) >= 11 is 5.70. The molecule has 1 rings (SSSR count). The number of rotatable bonds is 5. The number of carbonyl (C=O) groups is 2. The number of hydrogen-bond acceptors (Lipinski definition) is 4. The molecule has 0 unspecified atom stereocenters. The molecule has 18 heavy (non-hydrogen) atoms. The van der Waals surface area contributed by atoms with Crippen molar-refractivity contribution < 1.29 is 14.7 Å². The monoisotopic (exact) mass is 271 g/mol. The highest BCUT2D eigenvalue weighted by atomic mass is 35.5. The molecule has 0 aliphatic carbocycles. The maximum atomic E-state index is 11.8. The Morgan fingerprint density at radius 3 is 2.44 bits per heavy atom. The fourth-order valence-corrected chi connectivity index (χ4v) is 1.37. The van der Waals surface area contributed by atoms with Crippen LogP contribution in [-0.4, -0.2) is 36.6 Å². The van der Waals surface area contributed by atoms with E-state index in [0.29, 0.717) is 10.6 Å². The van der Waals surface area contributed by atoms with Crippen molar-refractivity contribution in [2.45, 2.75) is 6.04 Å². The van der Waals surface area contributed by atoms with Crippen molar-refractivity contribution in [3.63, 3.8) is 0 Å². The van der Waals surface area contributed by atoms with Gasteiger partial charge >= 0.3 is 0 Å². The van der Waals surface area contributed by atoms with E-state index in [2.05, 4.69) is 16.2 Å². The molecule has 0 saturated carbocycles. The molecule has 4 N–H and O–H groups in total. The molecule has 2 amide bonds. The molecule has 0 radical (unpaired) electrons. The molecule has 0 aliphatic rings. The zero-order chi connectivity index (χ0) is 13.5. The van der Waals surface area contributed by atoms with Crippen molar-refractivity contribution in [2.75, 3.05) is 13.7 Å². The highest BCUT2D eigenvalue weighted by molar-refractivity contribution is 6.30. The second-order valence-electron chi connectivity index (χ2n) is 3.45. The molecule has 0 bridgehead atoms. The third-order valence-corrected chi connectivity index (χ3v) is 2.41. The molecule has 0 heterocycles. The van der Waals surface area contributed by atoms with E-state index in [0.717, 1.165) is 0 Å². The zero-order valence-electron chi connectivity index (χ0n) is 9.74. The van der Waals surface area contributed by atoms with Crippen molar-refractivity contribution in [1.29, 1.82) is 0 Å². The molecule has 0 saturated heterocycles. The second-order valence-corrected chi connectivity index (χ2v) is 3.89. The van der Waals surface area contributed by atoms with Gasteiger partial charge in [-0.15, -0.1) is 0 Å². The fraction of sp³-hybridized carbons (Fsp3) is 0.273. The number of hydrazine groups is 1. The van der Waals surface area contributed by atoms with Crippen LogP contribution in [0.25, 0.3) is 0 Å². The van der Waals surface area contributed by atoms with Crippen LogP contribution in [0.2, 0.25) is 5.02 Å². The van der Waals surface area contributed by atoms with Gasteiger partial charge in [0, 0.05) is 17.6 Å². The number of benzene rings is 1. The van der Waals surface area contributed by atoms with E-state index < -0.39 is 24.5 Å². The number of halogens is 1. The van der Waals surface area contributed by atoms with Crippen molar-refractivity contribution in [3.05, 3.63) is 34.9 Å². The number of aliphatic hydroxyl groups is 1. The van der Waals surface area contributed by atoms with Crippen LogP contribution in [0.5, 0.6) is 0 Å². The van der Waals surface area contributed by atoms with Gasteiger partial charge in [0.15, 0.2) is 0 Å². The van der Waals surface area contributed by atoms with Crippen LogP contribution in [0.15, 0.2) is 24.3 Å². The van der Waals surface area contributed by atoms with Crippen LogP contribution in [-0.2, 0) is 4.79 Å². The number of nitrogens with one attached hydrogen (secondary N) is 3. The Bertz CT molecular complexity index is 422. The quantitative estimate of drug-likeness (QED) is 0.553. The lowest BCUT2D eigenvalue weighted by Gasteiger charge is -2.15. The zero-order valence-corrected chi connectivity index (χ0v) is 10.5. The van der Waals surface area contributed by atoms with Crippen molar-refractivity contribution in [2.24, 2.45) is 0 Å². The molecule has 0 aromatic heterocycles. The van der Waals surface area contributed by atoms with Gasteiger partial charge in [-0.05, 0) is 24.3 Å². The minimum atomic E-state index is -1.01. The van der Waals surface area contributed by atoms with E-state index in [1.807, 2.05) is 0 Å². The van der Waals surface area contributed by atoms with Gasteiger partial charge in [-0.1, -0.05) is 11.6 Å². The lowest BCUT2D eigenvalue weighted by molar-refractivity contribution is -0.124. The molecular formula is C11H14ClN3O3. The number of carbonyl (C=O) groups excluding carboxylic acids is 2. The summed E-state index contributed by atoms with van der Waals surface area (Å²) in [6, 6.07) is 5.18. The van der Waals surface area contributed by atoms with Crippen LogP contribution in [0, 0.1) is 0 Å². The Labute approximate surface area is 109 Å². The largest absolute Gasteiger partial charge is 0.394 e. The Morgan fingerprint density at radius 2 is 1.94 bits per heavy atom. The minimum absolute atomic E-state index is 0.357. The Hall–Kier alpha value is -1.63. The van der Waals surface area contributed by atoms with E-state index in [9.17, 15) is 9.59 Å². The minimum Gasteiger partial charge on any atom is -0.394 e. The summed E-state index contributed by atoms with van der Waals surface area (Å²) in [7, 11) is 1.51. The van der Waals surface area contributed by atoms with E-state index in [4.69, 9.17) is 16.7 Å². The van der Waals surface area contributed by atoms with Crippen LogP contribution in [0.3, 0.4) is 0 Å². The van der Waals surface area contributed by atoms with Crippen LogP contribution in [0.1, 0.15) is 10.4 Å². The van der Waals surface area contributed by atoms with Gasteiger partial charge in [-0.25, -0.2) is 5.43 Å². The maximum Gasteiger partial charge on any atom is 0.259 e. The molecule has 0 spiro atoms. The van der Waals surface area contributed by atoms with Crippen LogP contribution < -0.4 is 16.2 Å². The van der Waals surface area contributed by atoms with Crippen molar-refractivity contribution in [3.8, 4) is 0 Å². The van der Waals surface area contributed by atoms with E-state index in [1.165, 1.54) is 19.2 Å². The summed E-state index contributed by atoms with van der Waals surface area (Å²) in [6.07, 6.45) is 0. The Balaban J connectivity index is 2.67. The smallest absolute Gasteiger partial charge is 0.259 e. The fourth-order valence-electron chi connectivity index (χ4n) is 1.25. The summed E-state index contributed by atoms with van der Waals surface area (Å²) in [6.45, 7) is -0.493. The highest BCUT2D eigenvalue weighted by Crippen LogP contribution is 2.09. The van der Waals surface area contributed by atoms with Gasteiger partial charge in [-0.2, -0.15) is 0 Å². The summed E-state index contributed by atoms with van der Waals surface area (Å²) in [5, 5.41) is 12.0. The molecule has 0 fully saturated rings. The molecule has 6 nitrogen and oxygen atoms in total. The molecule has 1 atom stereocenters. The predicted octanol–water partition coefficient (Wildman–Crippen LogP) is -0.319. The molecule has 7 heteroatoms. The topological polar surface area (TPSA) is 90.5 Å². The van der Waals surface area contributed by atoms with Gasteiger partial charge in [0.2, 0.25) is 0 Å². The normalized spacial score (nSPS) is 11.7. The summed E-state index contributed by atoms with van der Waals surface area (Å²) in [5.41, 5.74) is 5.06. The van der Waals surface area contributed by atoms with Gasteiger partial charge in [0.05, 0.1) is 6.61 Å². The third kappa shape index (κ3) is 3.99. The molecular weight excluding hydrogens is 258 g/mol. The van der Waals surface area contributed by atoms with Gasteiger partial charge in [0.25, 0.3) is 11.8 Å². The van der Waals surface area contributed by atoms with E-state index in [-0.39, 0.29) is 0 Å². The van der Waals surface area contributed by atoms with Crippen LogP contribution >= 0.6 is 11.6 Å². The molecule has 1 aromatic rings. The summed E-state index contributed by atoms with van der Waals surface area (Å²) < 4.78 is 0.